The van der Waals surface area contributed by atoms with Crippen molar-refractivity contribution in [2.24, 2.45) is 0 Å². The minimum absolute atomic E-state index is 0.420. The van der Waals surface area contributed by atoms with Crippen LogP contribution in [0.5, 0.6) is 0 Å². The van der Waals surface area contributed by atoms with Gasteiger partial charge in [0.25, 0.3) is 0 Å². The van der Waals surface area contributed by atoms with E-state index in [0.717, 1.165) is 44.1 Å². The summed E-state index contributed by atoms with van der Waals surface area (Å²) < 4.78 is 11.1. The van der Waals surface area contributed by atoms with Crippen LogP contribution in [0.1, 0.15) is 49.3 Å². The Kier molecular flexibility index (Phi) is 5.17. The maximum atomic E-state index is 5.70. The van der Waals surface area contributed by atoms with E-state index in [4.69, 9.17) is 14.1 Å². The number of hydrogen-bond acceptors (Lipinski definition) is 4. The largest absolute Gasteiger partial charge is 0.464 e. The van der Waals surface area contributed by atoms with Crippen LogP contribution in [0.4, 0.5) is 5.82 Å². The van der Waals surface area contributed by atoms with Crippen LogP contribution in [0.2, 0.25) is 0 Å². The summed E-state index contributed by atoms with van der Waals surface area (Å²) in [6, 6.07) is 10.9. The van der Waals surface area contributed by atoms with Crippen LogP contribution in [0, 0.1) is 0 Å². The number of rotatable bonds is 5. The van der Waals surface area contributed by atoms with E-state index in [0.29, 0.717) is 11.8 Å². The molecule has 0 saturated carbocycles. The number of nitrogens with zero attached hydrogens (tertiary/aromatic N) is 2. The number of furan rings is 1. The van der Waals surface area contributed by atoms with Gasteiger partial charge in [0.15, 0.2) is 0 Å². The van der Waals surface area contributed by atoms with E-state index in [-0.39, 0.29) is 0 Å². The monoisotopic (exact) mass is 364 g/mol. The second-order valence-corrected chi connectivity index (χ2v) is 7.83. The first kappa shape index (κ1) is 18.1. The Bertz CT molecular complexity index is 892. The molecule has 0 radical (unpaired) electrons. The summed E-state index contributed by atoms with van der Waals surface area (Å²) in [6.45, 7) is 10.1. The molecule has 4 heteroatoms. The Labute approximate surface area is 161 Å². The summed E-state index contributed by atoms with van der Waals surface area (Å²) in [6.07, 6.45) is 4.93. The van der Waals surface area contributed by atoms with Crippen LogP contribution in [-0.4, -0.2) is 31.3 Å². The van der Waals surface area contributed by atoms with Crippen LogP contribution in [0.15, 0.2) is 47.2 Å². The van der Waals surface area contributed by atoms with Gasteiger partial charge in [0.2, 0.25) is 0 Å². The van der Waals surface area contributed by atoms with E-state index in [9.17, 15) is 0 Å². The number of anilines is 1. The second kappa shape index (κ2) is 7.73. The van der Waals surface area contributed by atoms with E-state index < -0.39 is 0 Å². The first-order chi connectivity index (χ1) is 13.1. The molecule has 1 aliphatic rings. The number of pyridine rings is 1. The van der Waals surface area contributed by atoms with Gasteiger partial charge in [-0.2, -0.15) is 0 Å². The molecule has 3 heterocycles. The van der Waals surface area contributed by atoms with Gasteiger partial charge < -0.3 is 14.1 Å². The molecule has 1 aromatic carbocycles. The summed E-state index contributed by atoms with van der Waals surface area (Å²) >= 11 is 0. The Morgan fingerprint density at radius 1 is 1.07 bits per heavy atom. The van der Waals surface area contributed by atoms with Gasteiger partial charge in [-0.05, 0) is 47.6 Å². The fourth-order valence-corrected chi connectivity index (χ4v) is 3.81. The molecule has 142 valence electrons. The fourth-order valence-electron chi connectivity index (χ4n) is 3.81. The molecule has 0 bridgehead atoms. The van der Waals surface area contributed by atoms with Gasteiger partial charge in [-0.25, -0.2) is 4.98 Å². The zero-order valence-corrected chi connectivity index (χ0v) is 16.4. The van der Waals surface area contributed by atoms with Crippen molar-refractivity contribution in [3.05, 3.63) is 59.5 Å². The quantitative estimate of drug-likeness (QED) is 0.629. The maximum absolute atomic E-state index is 5.70. The highest BCUT2D eigenvalue weighted by atomic mass is 16.5. The smallest absolute Gasteiger partial charge is 0.134 e. The average Bonchev–Trinajstić information content (AvgIpc) is 3.12. The lowest BCUT2D eigenvalue weighted by molar-refractivity contribution is 0.122. The molecule has 0 amide bonds. The summed E-state index contributed by atoms with van der Waals surface area (Å²) in [5.74, 6) is 1.94. The third kappa shape index (κ3) is 3.86. The molecule has 1 atom stereocenters. The molecule has 2 aromatic heterocycles. The second-order valence-electron chi connectivity index (χ2n) is 7.83. The van der Waals surface area contributed by atoms with Crippen molar-refractivity contribution in [1.82, 2.24) is 4.98 Å². The highest BCUT2D eigenvalue weighted by Crippen LogP contribution is 2.30. The van der Waals surface area contributed by atoms with Gasteiger partial charge in [-0.15, -0.1) is 0 Å². The lowest BCUT2D eigenvalue weighted by atomic mass is 9.93. The standard InChI is InChI=1S/C23H28N2O2/c1-16(2)21-15-27-22-6-4-18(13-20(21)22)12-17(3)19-5-7-23(24-14-19)25-8-10-26-11-9-25/h4-7,13-17H,8-12H2,1-3H3. The van der Waals surface area contributed by atoms with Crippen LogP contribution in [0.25, 0.3) is 11.0 Å². The highest BCUT2D eigenvalue weighted by molar-refractivity contribution is 5.82. The van der Waals surface area contributed by atoms with Gasteiger partial charge >= 0.3 is 0 Å². The fraction of sp³-hybridized carbons (Fsp3) is 0.435. The topological polar surface area (TPSA) is 38.5 Å². The highest BCUT2D eigenvalue weighted by Gasteiger charge is 2.15. The minimum atomic E-state index is 0.420. The zero-order valence-electron chi connectivity index (χ0n) is 16.4. The number of fused-ring (bicyclic) bond motifs is 1. The van der Waals surface area contributed by atoms with Gasteiger partial charge in [0.1, 0.15) is 11.4 Å². The van der Waals surface area contributed by atoms with Crippen molar-refractivity contribution >= 4 is 16.8 Å². The number of ether oxygens (including phenoxy) is 1. The number of morpholine rings is 1. The summed E-state index contributed by atoms with van der Waals surface area (Å²) in [5.41, 5.74) is 4.89. The van der Waals surface area contributed by atoms with Crippen LogP contribution < -0.4 is 4.90 Å². The van der Waals surface area contributed by atoms with E-state index in [1.165, 1.54) is 22.1 Å². The number of benzene rings is 1. The van der Waals surface area contributed by atoms with Gasteiger partial charge in [-0.3, -0.25) is 0 Å². The molecule has 0 aliphatic carbocycles. The molecular formula is C23H28N2O2. The van der Waals surface area contributed by atoms with Crippen molar-refractivity contribution in [2.75, 3.05) is 31.2 Å². The summed E-state index contributed by atoms with van der Waals surface area (Å²) in [7, 11) is 0. The maximum Gasteiger partial charge on any atom is 0.134 e. The molecule has 1 unspecified atom stereocenters. The van der Waals surface area contributed by atoms with Gasteiger partial charge in [0, 0.05) is 30.2 Å². The van der Waals surface area contributed by atoms with E-state index in [1.54, 1.807) is 0 Å². The van der Waals surface area contributed by atoms with Crippen LogP contribution in [-0.2, 0) is 11.2 Å². The third-order valence-corrected chi connectivity index (χ3v) is 5.51. The Morgan fingerprint density at radius 3 is 2.59 bits per heavy atom. The molecule has 1 aliphatic heterocycles. The molecule has 4 rings (SSSR count). The predicted octanol–water partition coefficient (Wildman–Crippen LogP) is 5.13. The predicted molar refractivity (Wildman–Crippen MR) is 110 cm³/mol. The molecule has 1 saturated heterocycles. The first-order valence-corrected chi connectivity index (χ1v) is 9.90. The molecular weight excluding hydrogens is 336 g/mol. The molecule has 27 heavy (non-hydrogen) atoms. The van der Waals surface area contributed by atoms with Crippen molar-refractivity contribution in [1.29, 1.82) is 0 Å². The van der Waals surface area contributed by atoms with Crippen molar-refractivity contribution in [3.63, 3.8) is 0 Å². The number of aromatic nitrogens is 1. The lowest BCUT2D eigenvalue weighted by Gasteiger charge is -2.28. The molecule has 0 spiro atoms. The molecule has 0 N–H and O–H groups in total. The van der Waals surface area contributed by atoms with Crippen molar-refractivity contribution in [2.45, 2.75) is 39.0 Å². The summed E-state index contributed by atoms with van der Waals surface area (Å²) in [5, 5.41) is 1.25. The third-order valence-electron chi connectivity index (χ3n) is 5.51. The van der Waals surface area contributed by atoms with E-state index in [1.807, 2.05) is 12.5 Å². The Hall–Kier alpha value is -2.33. The van der Waals surface area contributed by atoms with Gasteiger partial charge in [0.05, 0.1) is 19.5 Å². The molecule has 4 nitrogen and oxygen atoms in total. The molecule has 3 aromatic rings. The minimum Gasteiger partial charge on any atom is -0.464 e. The SMILES string of the molecule is CC(C)c1coc2ccc(CC(C)c3ccc(N4CCOCC4)nc3)cc12. The van der Waals surface area contributed by atoms with Crippen molar-refractivity contribution < 1.29 is 9.15 Å². The van der Waals surface area contributed by atoms with Crippen LogP contribution in [0.3, 0.4) is 0 Å². The Morgan fingerprint density at radius 2 is 1.89 bits per heavy atom. The normalized spacial score (nSPS) is 16.2. The zero-order chi connectivity index (χ0) is 18.8. The first-order valence-electron chi connectivity index (χ1n) is 9.90. The summed E-state index contributed by atoms with van der Waals surface area (Å²) in [4.78, 5) is 6.99. The lowest BCUT2D eigenvalue weighted by Crippen LogP contribution is -2.36. The van der Waals surface area contributed by atoms with Crippen LogP contribution >= 0.6 is 0 Å². The molecule has 1 fully saturated rings. The average molecular weight is 364 g/mol. The van der Waals surface area contributed by atoms with Crippen molar-refractivity contribution in [3.8, 4) is 0 Å². The number of hydrogen-bond donors (Lipinski definition) is 0. The van der Waals surface area contributed by atoms with Gasteiger partial charge in [-0.1, -0.05) is 32.9 Å². The van der Waals surface area contributed by atoms with E-state index >= 15 is 0 Å². The Balaban J connectivity index is 1.49. The van der Waals surface area contributed by atoms with E-state index in [2.05, 4.69) is 56.0 Å².